The monoisotopic (exact) mass is 539 g/mol. The van der Waals surface area contributed by atoms with Gasteiger partial charge >= 0.3 is 0 Å². The van der Waals surface area contributed by atoms with Gasteiger partial charge in [-0.2, -0.15) is 0 Å². The summed E-state index contributed by atoms with van der Waals surface area (Å²) in [6, 6.07) is 7.97. The number of benzene rings is 2. The molecule has 200 valence electrons. The van der Waals surface area contributed by atoms with Crippen molar-refractivity contribution in [2.45, 2.75) is 54.8 Å². The highest BCUT2D eigenvalue weighted by atomic mass is 32.2. The predicted molar refractivity (Wildman–Crippen MR) is 130 cm³/mol. The van der Waals surface area contributed by atoms with Crippen LogP contribution in [0.5, 0.6) is 0 Å². The number of aliphatic hydroxyl groups is 4. The lowest BCUT2D eigenvalue weighted by Gasteiger charge is -2.42. The minimum atomic E-state index is -1.62. The number of aliphatic hydroxyl groups excluding tert-OH is 4. The summed E-state index contributed by atoms with van der Waals surface area (Å²) in [7, 11) is 0. The summed E-state index contributed by atoms with van der Waals surface area (Å²) in [4.78, 5) is 0. The first-order valence-corrected chi connectivity index (χ1v) is 12.6. The van der Waals surface area contributed by atoms with E-state index in [9.17, 15) is 33.6 Å². The van der Waals surface area contributed by atoms with E-state index in [1.165, 1.54) is 6.20 Å². The highest BCUT2D eigenvalue weighted by molar-refractivity contribution is 8.00. The summed E-state index contributed by atoms with van der Waals surface area (Å²) in [5.41, 5.74) is 0.791. The van der Waals surface area contributed by atoms with Crippen molar-refractivity contribution >= 4 is 11.8 Å². The Labute approximate surface area is 215 Å². The fraction of sp³-hybridized carbons (Fsp3) is 0.440. The van der Waals surface area contributed by atoms with Crippen molar-refractivity contribution < 1.29 is 38.3 Å². The third-order valence-electron chi connectivity index (χ3n) is 6.37. The molecule has 2 aromatic carbocycles. The van der Waals surface area contributed by atoms with Crippen LogP contribution >= 0.6 is 11.8 Å². The summed E-state index contributed by atoms with van der Waals surface area (Å²) in [5.74, 6) is -4.24. The van der Waals surface area contributed by atoms with Crippen LogP contribution in [0.25, 0.3) is 11.3 Å². The zero-order valence-electron chi connectivity index (χ0n) is 20.1. The molecule has 4 rings (SSSR count). The van der Waals surface area contributed by atoms with Crippen LogP contribution in [0.15, 0.2) is 42.6 Å². The van der Waals surface area contributed by atoms with E-state index in [-0.39, 0.29) is 23.8 Å². The van der Waals surface area contributed by atoms with Crippen molar-refractivity contribution in [2.75, 3.05) is 13.2 Å². The smallest absolute Gasteiger partial charge is 0.194 e. The van der Waals surface area contributed by atoms with Crippen LogP contribution in [0, 0.1) is 17.5 Å². The van der Waals surface area contributed by atoms with E-state index in [1.54, 1.807) is 0 Å². The maximum Gasteiger partial charge on any atom is 0.194 e. The average molecular weight is 540 g/mol. The van der Waals surface area contributed by atoms with Crippen molar-refractivity contribution in [3.63, 3.8) is 0 Å². The minimum absolute atomic E-state index is 0.0208. The fourth-order valence-corrected chi connectivity index (χ4v) is 5.76. The molecule has 0 radical (unpaired) electrons. The molecule has 8 nitrogen and oxygen atoms in total. The number of hydrogen-bond donors (Lipinski definition) is 4. The second kappa shape index (κ2) is 11.5. The molecule has 0 aliphatic carbocycles. The first kappa shape index (κ1) is 27.6. The predicted octanol–water partition coefficient (Wildman–Crippen LogP) is 2.93. The average Bonchev–Trinajstić information content (AvgIpc) is 3.36. The van der Waals surface area contributed by atoms with E-state index in [2.05, 4.69) is 10.3 Å². The third-order valence-corrected chi connectivity index (χ3v) is 7.76. The number of aromatic nitrogens is 3. The Balaban J connectivity index is 1.63. The molecule has 1 fully saturated rings. The Kier molecular flexibility index (Phi) is 8.56. The van der Waals surface area contributed by atoms with Gasteiger partial charge in [0, 0.05) is 5.56 Å². The molecule has 37 heavy (non-hydrogen) atoms. The van der Waals surface area contributed by atoms with Gasteiger partial charge in [0.1, 0.15) is 35.5 Å². The van der Waals surface area contributed by atoms with Crippen LogP contribution in [0.1, 0.15) is 42.2 Å². The molecule has 1 aliphatic rings. The van der Waals surface area contributed by atoms with Crippen molar-refractivity contribution in [2.24, 2.45) is 0 Å². The summed E-state index contributed by atoms with van der Waals surface area (Å²) in [6.45, 7) is 3.23. The summed E-state index contributed by atoms with van der Waals surface area (Å²) < 4.78 is 47.7. The van der Waals surface area contributed by atoms with Crippen LogP contribution in [-0.2, 0) is 4.74 Å². The van der Waals surface area contributed by atoms with E-state index in [0.717, 1.165) is 39.7 Å². The van der Waals surface area contributed by atoms with Gasteiger partial charge in [0.2, 0.25) is 0 Å². The van der Waals surface area contributed by atoms with Gasteiger partial charge in [-0.3, -0.25) is 0 Å². The van der Waals surface area contributed by atoms with E-state index >= 15 is 0 Å². The Morgan fingerprint density at radius 2 is 1.68 bits per heavy atom. The first-order valence-electron chi connectivity index (χ1n) is 11.7. The van der Waals surface area contributed by atoms with E-state index in [0.29, 0.717) is 0 Å². The maximum atomic E-state index is 13.7. The zero-order valence-corrected chi connectivity index (χ0v) is 20.9. The summed E-state index contributed by atoms with van der Waals surface area (Å²) >= 11 is 1.14. The SMILES string of the molecule is CC(C)c1ccccc1[C@H](CO)S[C@@H]1O[C@H](CO)[C@H](O)[C@H](n2cc(-c3cc(F)c(F)c(F)c3)nn2)[C@H]1O. The summed E-state index contributed by atoms with van der Waals surface area (Å²) in [5, 5.41) is 49.4. The van der Waals surface area contributed by atoms with E-state index in [4.69, 9.17) is 4.74 Å². The number of thioether (sulfide) groups is 1. The lowest BCUT2D eigenvalue weighted by atomic mass is 9.95. The topological polar surface area (TPSA) is 121 Å². The van der Waals surface area contributed by atoms with Crippen LogP contribution in [-0.4, -0.2) is 72.4 Å². The molecule has 0 spiro atoms. The maximum absolute atomic E-state index is 13.7. The van der Waals surface area contributed by atoms with Crippen LogP contribution < -0.4 is 0 Å². The van der Waals surface area contributed by atoms with Gasteiger partial charge in [0.25, 0.3) is 0 Å². The van der Waals surface area contributed by atoms with E-state index < -0.39 is 59.1 Å². The lowest BCUT2D eigenvalue weighted by Crippen LogP contribution is -2.55. The molecule has 12 heteroatoms. The third kappa shape index (κ3) is 5.54. The van der Waals surface area contributed by atoms with E-state index in [1.807, 2.05) is 38.1 Å². The van der Waals surface area contributed by atoms with Crippen molar-refractivity contribution in [3.8, 4) is 11.3 Å². The standard InChI is InChI=1S/C25H28F3N3O5S/c1-12(2)14-5-3-4-6-15(14)20(11-33)37-25-24(35)22(23(34)19(10-32)36-25)31-9-18(29-30-31)13-7-16(26)21(28)17(27)8-13/h3-9,12,19-20,22-25,32-35H,10-11H2,1-2H3/t19-,20+,22+,23+,24-,25+/m1/s1. The second-order valence-corrected chi connectivity index (χ2v) is 10.4. The van der Waals surface area contributed by atoms with Gasteiger partial charge in [-0.25, -0.2) is 17.9 Å². The Morgan fingerprint density at radius 1 is 1.03 bits per heavy atom. The lowest BCUT2D eigenvalue weighted by molar-refractivity contribution is -0.178. The highest BCUT2D eigenvalue weighted by Crippen LogP contribution is 2.43. The molecule has 2 heterocycles. The van der Waals surface area contributed by atoms with Crippen molar-refractivity contribution in [3.05, 3.63) is 71.2 Å². The normalized spacial score (nSPS) is 25.0. The molecule has 1 aromatic heterocycles. The van der Waals surface area contributed by atoms with Crippen LogP contribution in [0.2, 0.25) is 0 Å². The number of rotatable bonds is 8. The van der Waals surface area contributed by atoms with Gasteiger partial charge in [-0.1, -0.05) is 43.3 Å². The van der Waals surface area contributed by atoms with Gasteiger partial charge in [0.15, 0.2) is 17.5 Å². The quantitative estimate of drug-likeness (QED) is 0.323. The van der Waals surface area contributed by atoms with Crippen molar-refractivity contribution in [1.29, 1.82) is 0 Å². The molecule has 6 atom stereocenters. The molecule has 1 aliphatic heterocycles. The first-order chi connectivity index (χ1) is 17.7. The molecule has 1 saturated heterocycles. The molecule has 0 unspecified atom stereocenters. The Bertz CT molecular complexity index is 1210. The van der Waals surface area contributed by atoms with Gasteiger partial charge < -0.3 is 25.2 Å². The molecule has 4 N–H and O–H groups in total. The van der Waals surface area contributed by atoms with Crippen LogP contribution in [0.3, 0.4) is 0 Å². The second-order valence-electron chi connectivity index (χ2n) is 9.13. The molecule has 0 amide bonds. The van der Waals surface area contributed by atoms with Gasteiger partial charge in [0.05, 0.1) is 24.7 Å². The molecular formula is C25H28F3N3O5S. The number of halogens is 3. The molecular weight excluding hydrogens is 511 g/mol. The highest BCUT2D eigenvalue weighted by Gasteiger charge is 2.47. The number of hydrogen-bond acceptors (Lipinski definition) is 8. The van der Waals surface area contributed by atoms with Crippen LogP contribution in [0.4, 0.5) is 13.2 Å². The minimum Gasteiger partial charge on any atom is -0.395 e. The molecule has 0 bridgehead atoms. The summed E-state index contributed by atoms with van der Waals surface area (Å²) in [6.07, 6.45) is -2.63. The van der Waals surface area contributed by atoms with Gasteiger partial charge in [-0.05, 0) is 29.2 Å². The fourth-order valence-electron chi connectivity index (χ4n) is 4.46. The van der Waals surface area contributed by atoms with Gasteiger partial charge in [-0.15, -0.1) is 16.9 Å². The zero-order chi connectivity index (χ0) is 26.9. The number of nitrogens with zero attached hydrogens (tertiary/aromatic N) is 3. The van der Waals surface area contributed by atoms with Crippen molar-refractivity contribution in [1.82, 2.24) is 15.0 Å². The number of ether oxygens (including phenoxy) is 1. The molecule has 3 aromatic rings. The Hall–Kier alpha value is -2.48. The largest absolute Gasteiger partial charge is 0.395 e. The molecule has 0 saturated carbocycles. The Morgan fingerprint density at radius 3 is 2.27 bits per heavy atom.